The van der Waals surface area contributed by atoms with Crippen molar-refractivity contribution in [2.75, 3.05) is 48.8 Å². The van der Waals surface area contributed by atoms with Crippen LogP contribution in [0, 0.1) is 24.6 Å². The van der Waals surface area contributed by atoms with Crippen LogP contribution in [-0.2, 0) is 4.74 Å². The number of imidazole rings is 1. The Morgan fingerprint density at radius 3 is 2.79 bits per heavy atom. The average Bonchev–Trinajstić information content (AvgIpc) is 3.21. The van der Waals surface area contributed by atoms with E-state index >= 15 is 0 Å². The summed E-state index contributed by atoms with van der Waals surface area (Å²) in [5, 5.41) is 6.63. The number of carbonyl (C=O) groups excluding carboxylic acids is 1. The van der Waals surface area contributed by atoms with Gasteiger partial charge in [0.1, 0.15) is 0 Å². The first-order valence-corrected chi connectivity index (χ1v) is 13.4. The van der Waals surface area contributed by atoms with Crippen LogP contribution >= 0.6 is 0 Å². The molecule has 2 aromatic heterocycles. The molecular formula is C28H38FN7O2. The van der Waals surface area contributed by atoms with Crippen LogP contribution in [-0.4, -0.2) is 66.4 Å². The second kappa shape index (κ2) is 9.99. The van der Waals surface area contributed by atoms with E-state index in [0.717, 1.165) is 50.4 Å². The van der Waals surface area contributed by atoms with E-state index in [9.17, 15) is 9.18 Å². The van der Waals surface area contributed by atoms with Crippen molar-refractivity contribution in [1.29, 1.82) is 0 Å². The van der Waals surface area contributed by atoms with Crippen LogP contribution in [0.1, 0.15) is 44.2 Å². The number of carbonyl (C=O) groups is 1. The number of aryl methyl sites for hydroxylation is 1. The van der Waals surface area contributed by atoms with Crippen molar-refractivity contribution in [1.82, 2.24) is 14.7 Å². The molecule has 2 saturated heterocycles. The van der Waals surface area contributed by atoms with Crippen LogP contribution < -0.4 is 21.3 Å². The number of amides is 1. The Morgan fingerprint density at radius 1 is 1.29 bits per heavy atom. The van der Waals surface area contributed by atoms with Crippen LogP contribution in [0.5, 0.6) is 0 Å². The monoisotopic (exact) mass is 523 g/mol. The lowest BCUT2D eigenvalue weighted by atomic mass is 10.00. The molecule has 4 heterocycles. The van der Waals surface area contributed by atoms with Gasteiger partial charge in [-0.25, -0.2) is 9.37 Å². The molecule has 1 aliphatic carbocycles. The van der Waals surface area contributed by atoms with Gasteiger partial charge in [-0.15, -0.1) is 0 Å². The number of hydrogen-bond acceptors (Lipinski definition) is 7. The van der Waals surface area contributed by atoms with Crippen molar-refractivity contribution < 1.29 is 16.8 Å². The summed E-state index contributed by atoms with van der Waals surface area (Å²) in [6, 6.07) is 6.09. The number of benzene rings is 1. The molecule has 1 amide bonds. The Morgan fingerprint density at radius 2 is 2.05 bits per heavy atom. The van der Waals surface area contributed by atoms with E-state index in [0.29, 0.717) is 53.1 Å². The van der Waals surface area contributed by atoms with Gasteiger partial charge in [0.05, 0.1) is 35.8 Å². The first-order chi connectivity index (χ1) is 18.4. The number of fused-ring (bicyclic) bond motifs is 2. The number of aromatic nitrogens is 2. The molecule has 1 aromatic carbocycles. The zero-order chi connectivity index (χ0) is 26.4. The molecule has 3 aliphatic rings. The van der Waals surface area contributed by atoms with Gasteiger partial charge in [0, 0.05) is 82.3 Å². The highest BCUT2D eigenvalue weighted by Gasteiger charge is 2.54. The molecular weight excluding hydrogens is 485 g/mol. The number of pyridine rings is 1. The summed E-state index contributed by atoms with van der Waals surface area (Å²) < 4.78 is 21.6. The summed E-state index contributed by atoms with van der Waals surface area (Å²) in [5.74, 6) is 0.487. The SMILES string of the molecule is CCN=Cc1c(N2CCC(NC3C4COCC43)CC2)ccc(C(=O)Nc2cc(F)c3nc(C)cn3c2)c1N.[HH].[HH]. The van der Waals surface area contributed by atoms with Crippen LogP contribution in [0.2, 0.25) is 0 Å². The Bertz CT molecular complexity index is 1400. The van der Waals surface area contributed by atoms with Crippen LogP contribution in [0.15, 0.2) is 35.6 Å². The zero-order valence-electron chi connectivity index (χ0n) is 21.8. The number of nitrogens with one attached hydrogen (secondary N) is 2. The maximum atomic E-state index is 14.5. The second-order valence-corrected chi connectivity index (χ2v) is 10.6. The van der Waals surface area contributed by atoms with Gasteiger partial charge in [-0.1, -0.05) is 0 Å². The molecule has 3 aromatic rings. The number of rotatable bonds is 7. The number of hydrogen-bond donors (Lipinski definition) is 3. The lowest BCUT2D eigenvalue weighted by Crippen LogP contribution is -2.44. The van der Waals surface area contributed by atoms with Gasteiger partial charge in [-0.2, -0.15) is 0 Å². The maximum Gasteiger partial charge on any atom is 0.257 e. The molecule has 0 spiro atoms. The number of anilines is 3. The summed E-state index contributed by atoms with van der Waals surface area (Å²) in [6.07, 6.45) is 7.20. The topological polar surface area (TPSA) is 109 Å². The largest absolute Gasteiger partial charge is 0.397 e. The summed E-state index contributed by atoms with van der Waals surface area (Å²) in [4.78, 5) is 24.1. The molecule has 204 valence electrons. The van der Waals surface area contributed by atoms with Crippen LogP contribution in [0.4, 0.5) is 21.5 Å². The molecule has 38 heavy (non-hydrogen) atoms. The minimum Gasteiger partial charge on any atom is -0.397 e. The normalized spacial score (nSPS) is 23.3. The predicted molar refractivity (Wildman–Crippen MR) is 151 cm³/mol. The molecule has 2 unspecified atom stereocenters. The Kier molecular flexibility index (Phi) is 6.53. The van der Waals surface area contributed by atoms with Gasteiger partial charge in [0.15, 0.2) is 11.5 Å². The standard InChI is InChI=1S/C28H34FN7O2.2H2/c1-3-31-11-20-24(35-8-6-17(7-9-35)33-26-21-14-38-15-22(21)26)5-4-19(25(20)30)28(37)34-18-10-23(29)27-32-16(2)12-36(27)13-18;;/h4-5,10-13,17,21-22,26,33H,3,6-9,14-15,30H2,1-2H3,(H,34,37);2*1H. The van der Waals surface area contributed by atoms with Crippen LogP contribution in [0.25, 0.3) is 5.65 Å². The third-order valence-corrected chi connectivity index (χ3v) is 8.01. The highest BCUT2D eigenvalue weighted by atomic mass is 19.1. The highest BCUT2D eigenvalue weighted by molar-refractivity contribution is 6.11. The van der Waals surface area contributed by atoms with Crippen molar-refractivity contribution in [2.45, 2.75) is 38.8 Å². The molecule has 0 bridgehead atoms. The van der Waals surface area contributed by atoms with Gasteiger partial charge in [0.25, 0.3) is 5.91 Å². The average molecular weight is 524 g/mol. The summed E-state index contributed by atoms with van der Waals surface area (Å²) in [6.45, 7) is 7.95. The van der Waals surface area contributed by atoms with E-state index in [-0.39, 0.29) is 8.50 Å². The van der Waals surface area contributed by atoms with E-state index in [4.69, 9.17) is 10.5 Å². The summed E-state index contributed by atoms with van der Waals surface area (Å²) >= 11 is 0. The van der Waals surface area contributed by atoms with E-state index in [1.54, 1.807) is 36.0 Å². The first-order valence-electron chi connectivity index (χ1n) is 13.4. The van der Waals surface area contributed by atoms with E-state index < -0.39 is 11.7 Å². The van der Waals surface area contributed by atoms with Gasteiger partial charge >= 0.3 is 0 Å². The number of ether oxygens (including phenoxy) is 1. The number of nitrogens with zero attached hydrogens (tertiary/aromatic N) is 4. The minimum absolute atomic E-state index is 0. The smallest absolute Gasteiger partial charge is 0.257 e. The van der Waals surface area contributed by atoms with E-state index in [2.05, 4.69) is 25.5 Å². The Labute approximate surface area is 224 Å². The lowest BCUT2D eigenvalue weighted by molar-refractivity contribution is 0.102. The first kappa shape index (κ1) is 24.8. The molecule has 6 rings (SSSR count). The Hall–Kier alpha value is -3.50. The van der Waals surface area contributed by atoms with Crippen molar-refractivity contribution in [3.05, 3.63) is 53.2 Å². The fraction of sp³-hybridized carbons (Fsp3) is 0.464. The zero-order valence-corrected chi connectivity index (χ0v) is 21.8. The van der Waals surface area contributed by atoms with Gasteiger partial charge in [-0.05, 0) is 38.8 Å². The van der Waals surface area contributed by atoms with Gasteiger partial charge in [0.2, 0.25) is 0 Å². The molecule has 3 fully saturated rings. The van der Waals surface area contributed by atoms with Crippen LogP contribution in [0.3, 0.4) is 0 Å². The molecule has 4 N–H and O–H groups in total. The summed E-state index contributed by atoms with van der Waals surface area (Å²) in [5.41, 5.74) is 10.2. The molecule has 0 radical (unpaired) electrons. The molecule has 9 nitrogen and oxygen atoms in total. The molecule has 10 heteroatoms. The minimum atomic E-state index is -0.508. The van der Waals surface area contributed by atoms with E-state index in [1.807, 2.05) is 13.0 Å². The lowest BCUT2D eigenvalue weighted by Gasteiger charge is -2.35. The number of piperidine rings is 1. The quantitative estimate of drug-likeness (QED) is 0.322. The number of aliphatic imine (C=N–C) groups is 1. The fourth-order valence-corrected chi connectivity index (χ4v) is 5.91. The number of nitrogens with two attached hydrogens (primary N) is 1. The summed E-state index contributed by atoms with van der Waals surface area (Å²) in [7, 11) is 0. The second-order valence-electron chi connectivity index (χ2n) is 10.6. The van der Waals surface area contributed by atoms with Gasteiger partial charge in [-0.3, -0.25) is 9.79 Å². The maximum absolute atomic E-state index is 14.5. The Balaban J connectivity index is 0.00000185. The van der Waals surface area contributed by atoms with Crippen molar-refractivity contribution >= 4 is 34.8 Å². The third-order valence-electron chi connectivity index (χ3n) is 8.01. The molecule has 1 saturated carbocycles. The van der Waals surface area contributed by atoms with Crippen molar-refractivity contribution in [2.24, 2.45) is 16.8 Å². The molecule has 2 aliphatic heterocycles. The van der Waals surface area contributed by atoms with E-state index in [1.165, 1.54) is 6.07 Å². The van der Waals surface area contributed by atoms with Crippen molar-refractivity contribution in [3.8, 4) is 0 Å². The molecule has 2 atom stereocenters. The third kappa shape index (κ3) is 4.63. The fourth-order valence-electron chi connectivity index (χ4n) is 5.91. The predicted octanol–water partition coefficient (Wildman–Crippen LogP) is 3.75. The van der Waals surface area contributed by atoms with Crippen molar-refractivity contribution in [3.63, 3.8) is 0 Å². The number of halogens is 1. The highest BCUT2D eigenvalue weighted by Crippen LogP contribution is 2.44. The van der Waals surface area contributed by atoms with Gasteiger partial charge < -0.3 is 30.4 Å². The number of nitrogen functional groups attached to an aromatic ring is 1.